The molecule has 3 aromatic carbocycles. The molecule has 12 heteroatoms. The Balaban J connectivity index is 1.36. The Morgan fingerprint density at radius 1 is 1.04 bits per heavy atom. The summed E-state index contributed by atoms with van der Waals surface area (Å²) in [6, 6.07) is 25.7. The fraction of sp³-hybridized carbons (Fsp3) is 0.350. The molecule has 0 spiro atoms. The molecule has 1 amide bonds. The van der Waals surface area contributed by atoms with Gasteiger partial charge >= 0.3 is 0 Å². The zero-order valence-electron chi connectivity index (χ0n) is 29.4. The number of hydrogen-bond acceptors (Lipinski definition) is 8. The van der Waals surface area contributed by atoms with Crippen molar-refractivity contribution in [1.29, 1.82) is 5.26 Å². The van der Waals surface area contributed by atoms with Gasteiger partial charge in [-0.05, 0) is 62.1 Å². The third-order valence-electron chi connectivity index (χ3n) is 9.86. The van der Waals surface area contributed by atoms with Crippen LogP contribution in [0, 0.1) is 18.3 Å². The minimum Gasteiger partial charge on any atom is -0.497 e. The Labute approximate surface area is 301 Å². The molecule has 0 saturated carbocycles. The molecule has 10 nitrogen and oxygen atoms in total. The zero-order chi connectivity index (χ0) is 36.4. The van der Waals surface area contributed by atoms with Gasteiger partial charge in [-0.15, -0.1) is 0 Å². The van der Waals surface area contributed by atoms with Crippen molar-refractivity contribution in [2.75, 3.05) is 38.8 Å². The lowest BCUT2D eigenvalue weighted by Gasteiger charge is -2.32. The number of amides is 1. The molecule has 3 heterocycles. The van der Waals surface area contributed by atoms with E-state index in [-0.39, 0.29) is 19.6 Å². The predicted octanol–water partition coefficient (Wildman–Crippen LogP) is 7.09. The molecule has 5 aromatic rings. The number of nitrogens with zero attached hydrogens (tertiary/aromatic N) is 6. The number of carbonyl (C=O) groups is 1. The molecule has 0 N–H and O–H groups in total. The fourth-order valence-electron chi connectivity index (χ4n) is 7.24. The summed E-state index contributed by atoms with van der Waals surface area (Å²) in [5, 5.41) is 10.7. The number of ether oxygens (including phenoxy) is 3. The zero-order valence-corrected chi connectivity index (χ0v) is 29.4. The van der Waals surface area contributed by atoms with Crippen molar-refractivity contribution in [2.45, 2.75) is 57.7 Å². The van der Waals surface area contributed by atoms with E-state index < -0.39 is 24.5 Å². The molecule has 1 atom stereocenters. The lowest BCUT2D eigenvalue weighted by atomic mass is 9.93. The van der Waals surface area contributed by atoms with Gasteiger partial charge in [-0.1, -0.05) is 36.4 Å². The average Bonchev–Trinajstić information content (AvgIpc) is 3.71. The van der Waals surface area contributed by atoms with E-state index in [2.05, 4.69) is 23.1 Å². The smallest absolute Gasteiger partial charge is 0.267 e. The fourth-order valence-corrected chi connectivity index (χ4v) is 7.24. The second kappa shape index (κ2) is 14.6. The summed E-state index contributed by atoms with van der Waals surface area (Å²) in [7, 11) is 3.25. The molecule has 1 aliphatic carbocycles. The van der Waals surface area contributed by atoms with E-state index in [0.717, 1.165) is 39.7 Å². The SMILES string of the molecule is COc1ccc(CN(Cc2ccccc2)c2nc(-n3c(C)cc4c(C#N)cccc43)nc3c2CCCC3OCC(=O)N2CCC(F)(F)C2)c(OC)c1. The topological polar surface area (TPSA) is 106 Å². The van der Waals surface area contributed by atoms with Gasteiger partial charge in [-0.25, -0.2) is 13.8 Å². The number of hydrogen-bond donors (Lipinski definition) is 0. The second-order valence-corrected chi connectivity index (χ2v) is 13.3. The maximum atomic E-state index is 13.9. The molecule has 0 bridgehead atoms. The summed E-state index contributed by atoms with van der Waals surface area (Å²) in [6.07, 6.45) is 1.11. The van der Waals surface area contributed by atoms with Gasteiger partial charge in [0.15, 0.2) is 0 Å². The molecule has 1 fully saturated rings. The third kappa shape index (κ3) is 7.01. The molecular formula is C40H40F2N6O4. The van der Waals surface area contributed by atoms with Crippen LogP contribution in [0.15, 0.2) is 72.8 Å². The van der Waals surface area contributed by atoms with Crippen molar-refractivity contribution in [2.24, 2.45) is 0 Å². The number of fused-ring (bicyclic) bond motifs is 2. The molecule has 1 saturated heterocycles. The lowest BCUT2D eigenvalue weighted by Crippen LogP contribution is -2.35. The number of nitriles is 1. The van der Waals surface area contributed by atoms with Crippen LogP contribution in [-0.4, -0.2) is 65.2 Å². The predicted molar refractivity (Wildman–Crippen MR) is 192 cm³/mol. The third-order valence-corrected chi connectivity index (χ3v) is 9.86. The molecule has 2 aromatic heterocycles. The van der Waals surface area contributed by atoms with Gasteiger partial charge in [0.05, 0.1) is 43.6 Å². The average molecular weight is 707 g/mol. The first-order valence-electron chi connectivity index (χ1n) is 17.4. The van der Waals surface area contributed by atoms with Gasteiger partial charge in [0, 0.05) is 54.3 Å². The molecule has 268 valence electrons. The standard InChI is InChI=1S/C40H40F2N6O4/c1-26-19-32-28(21-43)11-7-13-33(32)48(26)39-44-37-31(12-8-14-34(37)52-24-36(49)46-18-17-40(41,42)25-46)38(45-39)47(22-27-9-5-4-6-10-27)23-29-15-16-30(50-2)20-35(29)51-3/h4-7,9-11,13,15-16,19-20,34H,8,12,14,17-18,22-25H2,1-3H3. The highest BCUT2D eigenvalue weighted by Crippen LogP contribution is 2.39. The first kappa shape index (κ1) is 34.9. The van der Waals surface area contributed by atoms with E-state index in [1.54, 1.807) is 20.3 Å². The Morgan fingerprint density at radius 3 is 2.60 bits per heavy atom. The van der Waals surface area contributed by atoms with Gasteiger partial charge in [0.25, 0.3) is 5.92 Å². The molecule has 1 unspecified atom stereocenters. The number of methoxy groups -OCH3 is 2. The van der Waals surface area contributed by atoms with Crippen molar-refractivity contribution in [3.63, 3.8) is 0 Å². The Kier molecular flexibility index (Phi) is 9.79. The van der Waals surface area contributed by atoms with Crippen LogP contribution in [0.4, 0.5) is 14.6 Å². The van der Waals surface area contributed by atoms with Crippen LogP contribution < -0.4 is 14.4 Å². The summed E-state index contributed by atoms with van der Waals surface area (Å²) in [6.45, 7) is 1.97. The van der Waals surface area contributed by atoms with Crippen molar-refractivity contribution in [1.82, 2.24) is 19.4 Å². The number of aromatic nitrogens is 3. The highest BCUT2D eigenvalue weighted by Gasteiger charge is 2.40. The van der Waals surface area contributed by atoms with Crippen LogP contribution in [0.5, 0.6) is 11.5 Å². The van der Waals surface area contributed by atoms with Crippen molar-refractivity contribution >= 4 is 22.6 Å². The van der Waals surface area contributed by atoms with Gasteiger partial charge in [-0.2, -0.15) is 10.2 Å². The van der Waals surface area contributed by atoms with E-state index >= 15 is 0 Å². The van der Waals surface area contributed by atoms with Gasteiger partial charge in [0.1, 0.15) is 30.0 Å². The number of alkyl halides is 2. The van der Waals surface area contributed by atoms with Crippen LogP contribution in [0.3, 0.4) is 0 Å². The minimum absolute atomic E-state index is 0.000841. The van der Waals surface area contributed by atoms with Crippen LogP contribution >= 0.6 is 0 Å². The number of benzene rings is 3. The van der Waals surface area contributed by atoms with Crippen LogP contribution in [0.25, 0.3) is 16.9 Å². The first-order valence-corrected chi connectivity index (χ1v) is 17.4. The maximum absolute atomic E-state index is 13.9. The Morgan fingerprint density at radius 2 is 1.87 bits per heavy atom. The number of halogens is 2. The second-order valence-electron chi connectivity index (χ2n) is 13.3. The number of aryl methyl sites for hydroxylation is 1. The monoisotopic (exact) mass is 706 g/mol. The molecule has 7 rings (SSSR count). The van der Waals surface area contributed by atoms with Crippen LogP contribution in [-0.2, 0) is 29.0 Å². The van der Waals surface area contributed by atoms with E-state index in [1.807, 2.05) is 66.1 Å². The van der Waals surface area contributed by atoms with Crippen molar-refractivity contribution in [3.05, 3.63) is 106 Å². The van der Waals surface area contributed by atoms with Crippen LogP contribution in [0.2, 0.25) is 0 Å². The number of likely N-dealkylation sites (tertiary alicyclic amines) is 1. The normalized spacial score (nSPS) is 16.4. The Hall–Kier alpha value is -5.54. The Bertz CT molecular complexity index is 2150. The van der Waals surface area contributed by atoms with Gasteiger partial charge < -0.3 is 24.0 Å². The summed E-state index contributed by atoms with van der Waals surface area (Å²) in [4.78, 5) is 26.9. The molecule has 0 radical (unpaired) electrons. The maximum Gasteiger partial charge on any atom is 0.267 e. The summed E-state index contributed by atoms with van der Waals surface area (Å²) in [5.74, 6) is -0.899. The van der Waals surface area contributed by atoms with Crippen molar-refractivity contribution in [3.8, 4) is 23.5 Å². The van der Waals surface area contributed by atoms with Gasteiger partial charge in [0.2, 0.25) is 11.9 Å². The molecule has 52 heavy (non-hydrogen) atoms. The minimum atomic E-state index is -2.89. The molecular weight excluding hydrogens is 666 g/mol. The van der Waals surface area contributed by atoms with Crippen molar-refractivity contribution < 1.29 is 27.8 Å². The lowest BCUT2D eigenvalue weighted by molar-refractivity contribution is -0.139. The van der Waals surface area contributed by atoms with E-state index in [0.29, 0.717) is 60.5 Å². The number of anilines is 1. The summed E-state index contributed by atoms with van der Waals surface area (Å²) < 4.78 is 47.4. The first-order chi connectivity index (χ1) is 25.2. The quantitative estimate of drug-likeness (QED) is 0.144. The molecule has 2 aliphatic rings. The van der Waals surface area contributed by atoms with Gasteiger partial charge in [-0.3, -0.25) is 9.36 Å². The summed E-state index contributed by atoms with van der Waals surface area (Å²) in [5.41, 5.74) is 5.72. The highest BCUT2D eigenvalue weighted by atomic mass is 19.3. The van der Waals surface area contributed by atoms with E-state index in [9.17, 15) is 18.8 Å². The number of carbonyl (C=O) groups excluding carboxylic acids is 1. The molecule has 1 aliphatic heterocycles. The largest absolute Gasteiger partial charge is 0.497 e. The van der Waals surface area contributed by atoms with Crippen LogP contribution in [0.1, 0.15) is 59.0 Å². The van der Waals surface area contributed by atoms with E-state index in [4.69, 9.17) is 24.2 Å². The summed E-state index contributed by atoms with van der Waals surface area (Å²) >= 11 is 0. The highest BCUT2D eigenvalue weighted by molar-refractivity contribution is 5.88. The number of rotatable bonds is 11. The van der Waals surface area contributed by atoms with E-state index in [1.165, 1.54) is 4.90 Å².